The second-order valence-electron chi connectivity index (χ2n) is 6.73. The summed E-state index contributed by atoms with van der Waals surface area (Å²) in [6.45, 7) is 1.88. The van der Waals surface area contributed by atoms with Gasteiger partial charge in [-0.25, -0.2) is 5.48 Å². The lowest BCUT2D eigenvalue weighted by Gasteiger charge is -2.39. The fourth-order valence-corrected chi connectivity index (χ4v) is 3.67. The lowest BCUT2D eigenvalue weighted by molar-refractivity contribution is -0.120. The van der Waals surface area contributed by atoms with Crippen LogP contribution in [0.15, 0.2) is 78.9 Å². The van der Waals surface area contributed by atoms with Crippen molar-refractivity contribution >= 4 is 28.9 Å². The third-order valence-corrected chi connectivity index (χ3v) is 5.09. The summed E-state index contributed by atoms with van der Waals surface area (Å²) in [5.74, 6) is -0.720. The van der Waals surface area contributed by atoms with Crippen molar-refractivity contribution in [3.63, 3.8) is 0 Å². The highest BCUT2D eigenvalue weighted by Gasteiger charge is 2.48. The van der Waals surface area contributed by atoms with Gasteiger partial charge in [-0.1, -0.05) is 36.4 Å². The molecule has 0 saturated heterocycles. The Hall–Kier alpha value is -3.64. The number of fused-ring (bicyclic) bond motifs is 1. The van der Waals surface area contributed by atoms with Crippen LogP contribution in [0.5, 0.6) is 0 Å². The van der Waals surface area contributed by atoms with E-state index >= 15 is 0 Å². The number of benzene rings is 3. The quantitative estimate of drug-likeness (QED) is 0.480. The number of para-hydroxylation sites is 2. The molecule has 0 bridgehead atoms. The summed E-state index contributed by atoms with van der Waals surface area (Å²) in [5.41, 5.74) is 4.22. The van der Waals surface area contributed by atoms with Gasteiger partial charge in [-0.3, -0.25) is 14.8 Å². The lowest BCUT2D eigenvalue weighted by Crippen LogP contribution is -2.46. The van der Waals surface area contributed by atoms with E-state index in [9.17, 15) is 9.59 Å². The summed E-state index contributed by atoms with van der Waals surface area (Å²) >= 11 is 0. The Morgan fingerprint density at radius 1 is 0.929 bits per heavy atom. The highest BCUT2D eigenvalue weighted by Crippen LogP contribution is 2.46. The zero-order chi connectivity index (χ0) is 19.7. The van der Waals surface area contributed by atoms with Crippen LogP contribution in [0, 0.1) is 0 Å². The van der Waals surface area contributed by atoms with Crippen molar-refractivity contribution in [2.45, 2.75) is 12.5 Å². The minimum Gasteiger partial charge on any atom is -0.323 e. The van der Waals surface area contributed by atoms with Crippen molar-refractivity contribution in [2.24, 2.45) is 0 Å². The number of anilines is 3. The van der Waals surface area contributed by atoms with Gasteiger partial charge in [0, 0.05) is 28.2 Å². The third kappa shape index (κ3) is 2.71. The molecular formula is C22H19N3O3. The van der Waals surface area contributed by atoms with Crippen LogP contribution in [0.2, 0.25) is 0 Å². The van der Waals surface area contributed by atoms with Crippen LogP contribution in [0.4, 0.5) is 17.1 Å². The van der Waals surface area contributed by atoms with E-state index in [0.717, 1.165) is 22.6 Å². The molecular weight excluding hydrogens is 354 g/mol. The van der Waals surface area contributed by atoms with Crippen molar-refractivity contribution in [3.8, 4) is 0 Å². The van der Waals surface area contributed by atoms with E-state index < -0.39 is 11.4 Å². The predicted molar refractivity (Wildman–Crippen MR) is 107 cm³/mol. The highest BCUT2D eigenvalue weighted by molar-refractivity contribution is 6.09. The number of hydroxylamine groups is 1. The van der Waals surface area contributed by atoms with Gasteiger partial charge in [0.15, 0.2) is 0 Å². The Morgan fingerprint density at radius 3 is 2.21 bits per heavy atom. The summed E-state index contributed by atoms with van der Waals surface area (Å²) < 4.78 is 0. The molecule has 0 saturated carbocycles. The molecule has 1 aliphatic rings. The molecule has 3 N–H and O–H groups in total. The fourth-order valence-electron chi connectivity index (χ4n) is 3.67. The van der Waals surface area contributed by atoms with Crippen molar-refractivity contribution in [1.29, 1.82) is 0 Å². The van der Waals surface area contributed by atoms with Crippen LogP contribution >= 0.6 is 0 Å². The normalized spacial score (nSPS) is 17.6. The minimum atomic E-state index is -0.974. The van der Waals surface area contributed by atoms with Crippen LogP contribution in [-0.2, 0) is 10.3 Å². The number of carbonyl (C=O) groups is 2. The van der Waals surface area contributed by atoms with Crippen molar-refractivity contribution in [2.75, 3.05) is 10.2 Å². The first-order chi connectivity index (χ1) is 13.6. The van der Waals surface area contributed by atoms with Gasteiger partial charge in [-0.2, -0.15) is 0 Å². The van der Waals surface area contributed by atoms with E-state index in [4.69, 9.17) is 5.21 Å². The molecule has 0 fully saturated rings. The van der Waals surface area contributed by atoms with Crippen LogP contribution in [0.25, 0.3) is 0 Å². The maximum absolute atomic E-state index is 13.1. The number of hydrogen-bond acceptors (Lipinski definition) is 4. The summed E-state index contributed by atoms with van der Waals surface area (Å²) in [6.07, 6.45) is 0. The molecule has 4 rings (SSSR count). The average molecular weight is 373 g/mol. The highest BCUT2D eigenvalue weighted by atomic mass is 16.5. The summed E-state index contributed by atoms with van der Waals surface area (Å²) in [6, 6.07) is 24.0. The lowest BCUT2D eigenvalue weighted by atomic mass is 9.90. The predicted octanol–water partition coefficient (Wildman–Crippen LogP) is 3.81. The topological polar surface area (TPSA) is 81.7 Å². The standard InChI is InChI=1S/C22H19N3O3/c1-22(18-9-5-6-10-19(18)23-21(22)27)25(16-7-3-2-4-8-16)17-13-11-15(12-14-17)20(26)24-28/h2-14,28H,1H3,(H,23,27)(H,24,26). The average Bonchev–Trinajstić information content (AvgIpc) is 3.00. The van der Waals surface area contributed by atoms with E-state index in [1.165, 1.54) is 0 Å². The van der Waals surface area contributed by atoms with Crippen LogP contribution < -0.4 is 15.7 Å². The molecule has 0 aromatic heterocycles. The van der Waals surface area contributed by atoms with Gasteiger partial charge in [0.2, 0.25) is 0 Å². The molecule has 6 nitrogen and oxygen atoms in total. The molecule has 0 radical (unpaired) electrons. The number of nitrogens with one attached hydrogen (secondary N) is 2. The zero-order valence-electron chi connectivity index (χ0n) is 15.2. The van der Waals surface area contributed by atoms with Gasteiger partial charge in [0.05, 0.1) is 0 Å². The molecule has 140 valence electrons. The number of nitrogens with zero attached hydrogens (tertiary/aromatic N) is 1. The molecule has 0 aliphatic carbocycles. The van der Waals surface area contributed by atoms with Gasteiger partial charge >= 0.3 is 0 Å². The Labute approximate surface area is 162 Å². The van der Waals surface area contributed by atoms with Gasteiger partial charge in [0.1, 0.15) is 5.54 Å². The third-order valence-electron chi connectivity index (χ3n) is 5.09. The molecule has 1 heterocycles. The SMILES string of the molecule is CC1(N(c2ccccc2)c2ccc(C(=O)NO)cc2)C(=O)Nc2ccccc21. The van der Waals surface area contributed by atoms with Crippen molar-refractivity contribution < 1.29 is 14.8 Å². The Kier molecular flexibility index (Phi) is 4.33. The van der Waals surface area contributed by atoms with Gasteiger partial charge in [-0.15, -0.1) is 0 Å². The first-order valence-corrected chi connectivity index (χ1v) is 8.86. The second-order valence-corrected chi connectivity index (χ2v) is 6.73. The molecule has 1 atom stereocenters. The van der Waals surface area contributed by atoms with E-state index in [-0.39, 0.29) is 5.91 Å². The van der Waals surface area contributed by atoms with E-state index in [2.05, 4.69) is 5.32 Å². The maximum Gasteiger partial charge on any atom is 0.274 e. The van der Waals surface area contributed by atoms with Gasteiger partial charge in [-0.05, 0) is 49.4 Å². The molecule has 2 amide bonds. The Morgan fingerprint density at radius 2 is 1.54 bits per heavy atom. The minimum absolute atomic E-state index is 0.130. The number of hydrogen-bond donors (Lipinski definition) is 3. The van der Waals surface area contributed by atoms with E-state index in [1.54, 1.807) is 29.7 Å². The first kappa shape index (κ1) is 17.8. The molecule has 28 heavy (non-hydrogen) atoms. The molecule has 0 spiro atoms. The largest absolute Gasteiger partial charge is 0.323 e. The zero-order valence-corrected chi connectivity index (χ0v) is 15.2. The maximum atomic E-state index is 13.1. The molecule has 3 aromatic rings. The first-order valence-electron chi connectivity index (χ1n) is 8.86. The molecule has 1 aliphatic heterocycles. The molecule has 3 aromatic carbocycles. The fraction of sp³-hybridized carbons (Fsp3) is 0.0909. The van der Waals surface area contributed by atoms with Crippen LogP contribution in [-0.4, -0.2) is 17.0 Å². The van der Waals surface area contributed by atoms with E-state index in [0.29, 0.717) is 5.56 Å². The Bertz CT molecular complexity index is 1030. The number of amides is 2. The summed E-state index contributed by atoms with van der Waals surface area (Å²) in [5, 5.41) is 11.8. The van der Waals surface area contributed by atoms with Gasteiger partial charge in [0.25, 0.3) is 11.8 Å². The summed E-state index contributed by atoms with van der Waals surface area (Å²) in [7, 11) is 0. The second kappa shape index (κ2) is 6.83. The number of carbonyl (C=O) groups excluding carboxylic acids is 2. The van der Waals surface area contributed by atoms with Crippen LogP contribution in [0.1, 0.15) is 22.8 Å². The number of rotatable bonds is 4. The van der Waals surface area contributed by atoms with Crippen molar-refractivity contribution in [3.05, 3.63) is 90.0 Å². The van der Waals surface area contributed by atoms with E-state index in [1.807, 2.05) is 66.4 Å². The van der Waals surface area contributed by atoms with Gasteiger partial charge < -0.3 is 10.2 Å². The van der Waals surface area contributed by atoms with Crippen molar-refractivity contribution in [1.82, 2.24) is 5.48 Å². The monoisotopic (exact) mass is 373 g/mol. The summed E-state index contributed by atoms with van der Waals surface area (Å²) in [4.78, 5) is 26.7. The molecule has 6 heteroatoms. The smallest absolute Gasteiger partial charge is 0.274 e. The Balaban J connectivity index is 1.89. The van der Waals surface area contributed by atoms with Crippen LogP contribution in [0.3, 0.4) is 0 Å². The molecule has 1 unspecified atom stereocenters.